The highest BCUT2D eigenvalue weighted by Gasteiger charge is 2.10. The average Bonchev–Trinajstić information content (AvgIpc) is 2.11. The van der Waals surface area contributed by atoms with Crippen molar-refractivity contribution in [3.63, 3.8) is 0 Å². The van der Waals surface area contributed by atoms with Crippen LogP contribution in [0, 0.1) is 5.82 Å². The highest BCUT2D eigenvalue weighted by atomic mass is 35.5. The summed E-state index contributed by atoms with van der Waals surface area (Å²) in [7, 11) is 0. The van der Waals surface area contributed by atoms with Crippen LogP contribution < -0.4 is 10.6 Å². The molecule has 1 aromatic rings. The number of amides is 2. The van der Waals surface area contributed by atoms with Gasteiger partial charge in [0.25, 0.3) is 0 Å². The first-order valence-electron chi connectivity index (χ1n) is 4.01. The van der Waals surface area contributed by atoms with Crippen LogP contribution in [-0.2, 0) is 9.59 Å². The Hall–Kier alpha value is -1.62. The van der Waals surface area contributed by atoms with Crippen molar-refractivity contribution in [3.05, 3.63) is 23.0 Å². The van der Waals surface area contributed by atoms with E-state index in [0.29, 0.717) is 6.41 Å². The van der Waals surface area contributed by atoms with Gasteiger partial charge >= 0.3 is 0 Å². The topological polar surface area (TPSA) is 58.2 Å². The second-order valence-electron chi connectivity index (χ2n) is 2.76. The van der Waals surface area contributed by atoms with Crippen molar-refractivity contribution in [1.82, 2.24) is 0 Å². The summed E-state index contributed by atoms with van der Waals surface area (Å²) in [4.78, 5) is 20.8. The molecular formula is C9H8ClFN2O2. The fraction of sp³-hybridized carbons (Fsp3) is 0.111. The third-order valence-corrected chi connectivity index (χ3v) is 1.87. The van der Waals surface area contributed by atoms with E-state index in [1.54, 1.807) is 0 Å². The zero-order chi connectivity index (χ0) is 11.4. The minimum Gasteiger partial charge on any atom is -0.329 e. The Morgan fingerprint density at radius 3 is 2.67 bits per heavy atom. The summed E-state index contributed by atoms with van der Waals surface area (Å²) in [6.45, 7) is 1.24. The van der Waals surface area contributed by atoms with Crippen LogP contribution in [0.15, 0.2) is 12.1 Å². The van der Waals surface area contributed by atoms with Crippen molar-refractivity contribution >= 4 is 35.3 Å². The number of halogens is 2. The van der Waals surface area contributed by atoms with Gasteiger partial charge in [-0.25, -0.2) is 4.39 Å². The van der Waals surface area contributed by atoms with Crippen LogP contribution in [0.4, 0.5) is 15.8 Å². The van der Waals surface area contributed by atoms with Gasteiger partial charge in [-0.2, -0.15) is 0 Å². The number of nitrogens with one attached hydrogen (secondary N) is 2. The van der Waals surface area contributed by atoms with E-state index >= 15 is 0 Å². The first-order valence-corrected chi connectivity index (χ1v) is 4.39. The lowest BCUT2D eigenvalue weighted by Crippen LogP contribution is -2.08. The molecule has 0 aliphatic carbocycles. The van der Waals surface area contributed by atoms with E-state index in [1.807, 2.05) is 0 Å². The fourth-order valence-corrected chi connectivity index (χ4v) is 1.28. The van der Waals surface area contributed by atoms with Crippen molar-refractivity contribution in [2.45, 2.75) is 6.92 Å². The number of hydrogen-bond donors (Lipinski definition) is 2. The molecule has 0 aliphatic heterocycles. The van der Waals surface area contributed by atoms with E-state index in [0.717, 1.165) is 6.07 Å². The highest BCUT2D eigenvalue weighted by molar-refractivity contribution is 6.34. The molecule has 0 spiro atoms. The van der Waals surface area contributed by atoms with Crippen LogP contribution in [-0.4, -0.2) is 12.3 Å². The molecule has 0 saturated heterocycles. The molecule has 0 heterocycles. The maximum absolute atomic E-state index is 13.3. The van der Waals surface area contributed by atoms with E-state index < -0.39 is 11.7 Å². The molecule has 0 radical (unpaired) electrons. The smallest absolute Gasteiger partial charge is 0.221 e. The van der Waals surface area contributed by atoms with Crippen LogP contribution in [0.2, 0.25) is 5.02 Å². The van der Waals surface area contributed by atoms with Crippen LogP contribution in [0.1, 0.15) is 6.92 Å². The Bertz CT molecular complexity index is 386. The molecule has 0 unspecified atom stereocenters. The van der Waals surface area contributed by atoms with Gasteiger partial charge in [0.1, 0.15) is 5.82 Å². The maximum Gasteiger partial charge on any atom is 0.221 e. The third kappa shape index (κ3) is 2.92. The van der Waals surface area contributed by atoms with Crippen molar-refractivity contribution in [2.24, 2.45) is 0 Å². The van der Waals surface area contributed by atoms with Gasteiger partial charge in [0, 0.05) is 12.6 Å². The van der Waals surface area contributed by atoms with Gasteiger partial charge in [0.2, 0.25) is 12.3 Å². The Morgan fingerprint density at radius 1 is 1.53 bits per heavy atom. The van der Waals surface area contributed by atoms with Crippen LogP contribution in [0.25, 0.3) is 0 Å². The highest BCUT2D eigenvalue weighted by Crippen LogP contribution is 2.28. The van der Waals surface area contributed by atoms with Gasteiger partial charge < -0.3 is 10.6 Å². The maximum atomic E-state index is 13.3. The van der Waals surface area contributed by atoms with Gasteiger partial charge in [0.15, 0.2) is 0 Å². The summed E-state index contributed by atoms with van der Waals surface area (Å²) in [6.07, 6.45) is 0.406. The number of carbonyl (C=O) groups is 2. The third-order valence-electron chi connectivity index (χ3n) is 1.57. The van der Waals surface area contributed by atoms with Crippen molar-refractivity contribution < 1.29 is 14.0 Å². The molecule has 0 fully saturated rings. The SMILES string of the molecule is CC(=O)Nc1c(F)cc(NC=O)cc1Cl. The number of rotatable bonds is 3. The summed E-state index contributed by atoms with van der Waals surface area (Å²) in [5.41, 5.74) is 0.127. The molecule has 2 N–H and O–H groups in total. The fourth-order valence-electron chi connectivity index (χ4n) is 1.02. The number of carbonyl (C=O) groups excluding carboxylic acids is 2. The normalized spacial score (nSPS) is 9.53. The number of hydrogen-bond acceptors (Lipinski definition) is 2. The van der Waals surface area contributed by atoms with Crippen molar-refractivity contribution in [1.29, 1.82) is 0 Å². The summed E-state index contributed by atoms with van der Waals surface area (Å²) in [5.74, 6) is -1.13. The molecule has 80 valence electrons. The van der Waals surface area contributed by atoms with Gasteiger partial charge in [-0.1, -0.05) is 11.6 Å². The molecular weight excluding hydrogens is 223 g/mol. The molecule has 4 nitrogen and oxygen atoms in total. The van der Waals surface area contributed by atoms with Crippen molar-refractivity contribution in [3.8, 4) is 0 Å². The lowest BCUT2D eigenvalue weighted by Gasteiger charge is -2.08. The molecule has 6 heteroatoms. The van der Waals surface area contributed by atoms with Crippen LogP contribution in [0.5, 0.6) is 0 Å². The predicted molar refractivity (Wildman–Crippen MR) is 55.4 cm³/mol. The summed E-state index contributed by atoms with van der Waals surface area (Å²) in [5, 5.41) is 4.52. The standard InChI is InChI=1S/C9H8ClFN2O2/c1-5(15)13-9-7(10)2-6(12-4-14)3-8(9)11/h2-4H,1H3,(H,12,14)(H,13,15). The molecule has 2 amide bonds. The molecule has 0 atom stereocenters. The van der Waals surface area contributed by atoms with Crippen LogP contribution in [0.3, 0.4) is 0 Å². The minimum absolute atomic E-state index is 0.0227. The van der Waals surface area contributed by atoms with E-state index in [4.69, 9.17) is 11.6 Å². The van der Waals surface area contributed by atoms with Gasteiger partial charge in [-0.3, -0.25) is 9.59 Å². The lowest BCUT2D eigenvalue weighted by atomic mass is 10.2. The van der Waals surface area contributed by atoms with Crippen LogP contribution >= 0.6 is 11.6 Å². The van der Waals surface area contributed by atoms with E-state index in [2.05, 4.69) is 10.6 Å². The van der Waals surface area contributed by atoms with E-state index in [9.17, 15) is 14.0 Å². The first-order chi connectivity index (χ1) is 7.04. The molecule has 1 aromatic carbocycles. The summed E-state index contributed by atoms with van der Waals surface area (Å²) in [6, 6.07) is 2.40. The Kier molecular flexibility index (Phi) is 3.62. The lowest BCUT2D eigenvalue weighted by molar-refractivity contribution is -0.114. The summed E-state index contributed by atoms with van der Waals surface area (Å²) < 4.78 is 13.3. The Balaban J connectivity index is 3.08. The number of benzene rings is 1. The monoisotopic (exact) mass is 230 g/mol. The Morgan fingerprint density at radius 2 is 2.20 bits per heavy atom. The molecule has 0 bridgehead atoms. The van der Waals surface area contributed by atoms with Crippen molar-refractivity contribution in [2.75, 3.05) is 10.6 Å². The van der Waals surface area contributed by atoms with Gasteiger partial charge in [-0.05, 0) is 12.1 Å². The number of anilines is 2. The minimum atomic E-state index is -0.706. The zero-order valence-corrected chi connectivity index (χ0v) is 8.56. The summed E-state index contributed by atoms with van der Waals surface area (Å²) >= 11 is 5.70. The van der Waals surface area contributed by atoms with Gasteiger partial charge in [-0.15, -0.1) is 0 Å². The Labute approximate surface area is 90.4 Å². The van der Waals surface area contributed by atoms with Gasteiger partial charge in [0.05, 0.1) is 10.7 Å². The average molecular weight is 231 g/mol. The second-order valence-corrected chi connectivity index (χ2v) is 3.17. The molecule has 0 aliphatic rings. The molecule has 15 heavy (non-hydrogen) atoms. The van der Waals surface area contributed by atoms with E-state index in [1.165, 1.54) is 13.0 Å². The largest absolute Gasteiger partial charge is 0.329 e. The van der Waals surface area contributed by atoms with E-state index in [-0.39, 0.29) is 16.4 Å². The molecule has 0 saturated carbocycles. The molecule has 1 rings (SSSR count). The quantitative estimate of drug-likeness (QED) is 0.781. The predicted octanol–water partition coefficient (Wildman–Crippen LogP) is 2.01. The second kappa shape index (κ2) is 4.75. The first kappa shape index (κ1) is 11.5. The molecule has 0 aromatic heterocycles. The zero-order valence-electron chi connectivity index (χ0n) is 7.80.